The number of rotatable bonds is 2. The van der Waals surface area contributed by atoms with Crippen LogP contribution in [-0.2, 0) is 7.05 Å². The second-order valence-electron chi connectivity index (χ2n) is 7.61. The highest BCUT2D eigenvalue weighted by molar-refractivity contribution is 6.11. The standard InChI is InChI=1S/C27H20N2/c1-3-29-26-11-7-5-8-20(26)22-14-12-19(17-27(22)29)18-13-15-25-23(16-18)21-9-4-6-10-24(21)28(25)2/h3-17H,1H2,2H3. The third-order valence-electron chi connectivity index (χ3n) is 6.14. The minimum atomic E-state index is 1.19. The lowest BCUT2D eigenvalue weighted by Gasteiger charge is -2.05. The third-order valence-corrected chi connectivity index (χ3v) is 6.14. The van der Waals surface area contributed by atoms with E-state index in [-0.39, 0.29) is 0 Å². The molecule has 2 heteroatoms. The molecule has 4 aromatic carbocycles. The van der Waals surface area contributed by atoms with E-state index in [0.29, 0.717) is 0 Å². The molecule has 0 spiro atoms. The molecule has 0 bridgehead atoms. The van der Waals surface area contributed by atoms with Crippen LogP contribution >= 0.6 is 0 Å². The first-order valence-corrected chi connectivity index (χ1v) is 9.89. The second kappa shape index (κ2) is 5.86. The van der Waals surface area contributed by atoms with Gasteiger partial charge in [0.1, 0.15) is 0 Å². The van der Waals surface area contributed by atoms with Crippen molar-refractivity contribution in [1.82, 2.24) is 9.13 Å². The van der Waals surface area contributed by atoms with Crippen molar-refractivity contribution < 1.29 is 0 Å². The number of aromatic nitrogens is 2. The van der Waals surface area contributed by atoms with Gasteiger partial charge in [0.15, 0.2) is 0 Å². The molecule has 2 aromatic heterocycles. The van der Waals surface area contributed by atoms with Crippen molar-refractivity contribution in [2.24, 2.45) is 7.05 Å². The average Bonchev–Trinajstić information content (AvgIpc) is 3.25. The van der Waals surface area contributed by atoms with E-state index in [0.717, 1.165) is 0 Å². The van der Waals surface area contributed by atoms with Gasteiger partial charge in [0.2, 0.25) is 0 Å². The maximum Gasteiger partial charge on any atom is 0.0540 e. The van der Waals surface area contributed by atoms with Crippen molar-refractivity contribution in [3.05, 3.63) is 91.5 Å². The van der Waals surface area contributed by atoms with Gasteiger partial charge in [0.25, 0.3) is 0 Å². The summed E-state index contributed by atoms with van der Waals surface area (Å²) in [6, 6.07) is 30.6. The maximum absolute atomic E-state index is 4.04. The first-order chi connectivity index (χ1) is 14.3. The Morgan fingerprint density at radius 2 is 1.17 bits per heavy atom. The van der Waals surface area contributed by atoms with Crippen LogP contribution in [0.5, 0.6) is 0 Å². The Morgan fingerprint density at radius 1 is 0.586 bits per heavy atom. The van der Waals surface area contributed by atoms with Crippen molar-refractivity contribution in [1.29, 1.82) is 0 Å². The molecule has 2 nitrogen and oxygen atoms in total. The molecule has 0 N–H and O–H groups in total. The summed E-state index contributed by atoms with van der Waals surface area (Å²) in [5, 5.41) is 5.12. The Hall–Kier alpha value is -3.78. The van der Waals surface area contributed by atoms with Gasteiger partial charge in [-0.2, -0.15) is 0 Å². The van der Waals surface area contributed by atoms with Crippen molar-refractivity contribution in [2.45, 2.75) is 0 Å². The molecule has 29 heavy (non-hydrogen) atoms. The number of hydrogen-bond donors (Lipinski definition) is 0. The molecule has 0 fully saturated rings. The Bertz CT molecular complexity index is 1580. The van der Waals surface area contributed by atoms with E-state index < -0.39 is 0 Å². The normalized spacial score (nSPS) is 11.8. The molecule has 0 radical (unpaired) electrons. The Labute approximate surface area is 168 Å². The van der Waals surface area contributed by atoms with Crippen LogP contribution in [0, 0.1) is 0 Å². The SMILES string of the molecule is C=Cn1c2ccccc2c2ccc(-c3ccc4c(c3)c3ccccc3n4C)cc21. The van der Waals surface area contributed by atoms with E-state index in [4.69, 9.17) is 0 Å². The lowest BCUT2D eigenvalue weighted by molar-refractivity contribution is 1.01. The van der Waals surface area contributed by atoms with Crippen LogP contribution in [0.15, 0.2) is 91.5 Å². The van der Waals surface area contributed by atoms with Crippen LogP contribution in [0.25, 0.3) is 60.9 Å². The zero-order chi connectivity index (χ0) is 19.5. The number of benzene rings is 4. The van der Waals surface area contributed by atoms with Crippen LogP contribution in [0.3, 0.4) is 0 Å². The van der Waals surface area contributed by atoms with Crippen molar-refractivity contribution in [2.75, 3.05) is 0 Å². The molecule has 0 amide bonds. The molecule has 0 aliphatic rings. The van der Waals surface area contributed by atoms with Gasteiger partial charge >= 0.3 is 0 Å². The molecule has 6 aromatic rings. The first kappa shape index (κ1) is 16.2. The summed E-state index contributed by atoms with van der Waals surface area (Å²) in [4.78, 5) is 0. The largest absolute Gasteiger partial charge is 0.344 e. The zero-order valence-corrected chi connectivity index (χ0v) is 16.3. The zero-order valence-electron chi connectivity index (χ0n) is 16.3. The molecule has 0 saturated heterocycles. The first-order valence-electron chi connectivity index (χ1n) is 9.89. The average molecular weight is 372 g/mol. The summed E-state index contributed by atoms with van der Waals surface area (Å²) in [5.74, 6) is 0. The van der Waals surface area contributed by atoms with Crippen molar-refractivity contribution in [3.63, 3.8) is 0 Å². The number of fused-ring (bicyclic) bond motifs is 6. The van der Waals surface area contributed by atoms with Gasteiger partial charge in [-0.05, 0) is 41.5 Å². The highest BCUT2D eigenvalue weighted by Gasteiger charge is 2.12. The smallest absolute Gasteiger partial charge is 0.0540 e. The minimum absolute atomic E-state index is 1.19. The van der Waals surface area contributed by atoms with Gasteiger partial charge in [-0.25, -0.2) is 0 Å². The summed E-state index contributed by atoms with van der Waals surface area (Å²) < 4.78 is 4.46. The molecular weight excluding hydrogens is 352 g/mol. The van der Waals surface area contributed by atoms with Gasteiger partial charge in [0, 0.05) is 45.8 Å². The number of aryl methyl sites for hydroxylation is 1. The molecule has 0 saturated carbocycles. The number of hydrogen-bond acceptors (Lipinski definition) is 0. The van der Waals surface area contributed by atoms with Crippen LogP contribution in [0.2, 0.25) is 0 Å². The van der Waals surface area contributed by atoms with Gasteiger partial charge in [-0.15, -0.1) is 0 Å². The highest BCUT2D eigenvalue weighted by Crippen LogP contribution is 2.35. The molecule has 138 valence electrons. The van der Waals surface area contributed by atoms with E-state index in [1.807, 2.05) is 6.20 Å². The minimum Gasteiger partial charge on any atom is -0.344 e. The predicted octanol–water partition coefficient (Wildman–Crippen LogP) is 7.21. The fourth-order valence-corrected chi connectivity index (χ4v) is 4.72. The molecule has 6 rings (SSSR count). The maximum atomic E-state index is 4.04. The van der Waals surface area contributed by atoms with E-state index in [1.54, 1.807) is 0 Å². The molecular formula is C27H20N2. The Kier molecular flexibility index (Phi) is 3.27. The molecule has 0 aliphatic heterocycles. The van der Waals surface area contributed by atoms with Gasteiger partial charge in [-0.3, -0.25) is 0 Å². The molecule has 0 atom stereocenters. The second-order valence-corrected chi connectivity index (χ2v) is 7.61. The summed E-state index contributed by atoms with van der Waals surface area (Å²) in [5.41, 5.74) is 7.36. The molecule has 2 heterocycles. The molecule has 0 unspecified atom stereocenters. The van der Waals surface area contributed by atoms with E-state index in [9.17, 15) is 0 Å². The lowest BCUT2D eigenvalue weighted by Crippen LogP contribution is -1.87. The summed E-state index contributed by atoms with van der Waals surface area (Å²) in [7, 11) is 2.14. The highest BCUT2D eigenvalue weighted by atomic mass is 14.9. The predicted molar refractivity (Wildman–Crippen MR) is 125 cm³/mol. The van der Waals surface area contributed by atoms with E-state index >= 15 is 0 Å². The van der Waals surface area contributed by atoms with Gasteiger partial charge < -0.3 is 9.13 Å². The quantitative estimate of drug-likeness (QED) is 0.304. The van der Waals surface area contributed by atoms with Crippen molar-refractivity contribution in [3.8, 4) is 11.1 Å². The lowest BCUT2D eigenvalue weighted by atomic mass is 10.0. The van der Waals surface area contributed by atoms with Crippen LogP contribution < -0.4 is 0 Å². The van der Waals surface area contributed by atoms with Crippen LogP contribution in [0.4, 0.5) is 0 Å². The van der Waals surface area contributed by atoms with Crippen molar-refractivity contribution >= 4 is 49.8 Å². The number of nitrogens with zero attached hydrogens (tertiary/aromatic N) is 2. The fourth-order valence-electron chi connectivity index (χ4n) is 4.72. The Balaban J connectivity index is 1.63. The Morgan fingerprint density at radius 3 is 1.97 bits per heavy atom. The summed E-state index contributed by atoms with van der Waals surface area (Å²) in [6.07, 6.45) is 1.91. The van der Waals surface area contributed by atoms with Crippen LogP contribution in [-0.4, -0.2) is 9.13 Å². The van der Waals surface area contributed by atoms with Gasteiger partial charge in [0.05, 0.1) is 11.0 Å². The fraction of sp³-hybridized carbons (Fsp3) is 0.0370. The van der Waals surface area contributed by atoms with Gasteiger partial charge in [-0.1, -0.05) is 61.2 Å². The van der Waals surface area contributed by atoms with Crippen LogP contribution in [0.1, 0.15) is 0 Å². The summed E-state index contributed by atoms with van der Waals surface area (Å²) in [6.45, 7) is 4.04. The number of para-hydroxylation sites is 2. The topological polar surface area (TPSA) is 9.86 Å². The summed E-state index contributed by atoms with van der Waals surface area (Å²) >= 11 is 0. The third kappa shape index (κ3) is 2.17. The van der Waals surface area contributed by atoms with E-state index in [1.165, 1.54) is 54.7 Å². The van der Waals surface area contributed by atoms with E-state index in [2.05, 4.69) is 108 Å². The molecule has 0 aliphatic carbocycles. The monoisotopic (exact) mass is 372 g/mol.